The smallest absolute Gasteiger partial charge is 0.203 e. The van der Waals surface area contributed by atoms with Crippen LogP contribution in [0.5, 0.6) is 17.2 Å². The van der Waals surface area contributed by atoms with Crippen molar-refractivity contribution in [3.8, 4) is 17.2 Å². The zero-order valence-electron chi connectivity index (χ0n) is 9.69. The van der Waals surface area contributed by atoms with E-state index in [1.165, 1.54) is 0 Å². The Balaban J connectivity index is 3.25. The summed E-state index contributed by atoms with van der Waals surface area (Å²) in [4.78, 5) is 0. The Morgan fingerprint density at radius 1 is 1.06 bits per heavy atom. The Bertz CT molecular complexity index is 375. The molecule has 0 spiro atoms. The maximum Gasteiger partial charge on any atom is 0.203 e. The summed E-state index contributed by atoms with van der Waals surface area (Å²) < 4.78 is 15.8. The number of hydrogen-bond donors (Lipinski definition) is 1. The molecule has 0 bridgehead atoms. The van der Waals surface area contributed by atoms with E-state index >= 15 is 0 Å². The highest BCUT2D eigenvalue weighted by Gasteiger charge is 2.13. The number of thiol groups is 1. The van der Waals surface area contributed by atoms with Gasteiger partial charge in [-0.05, 0) is 12.1 Å². The Morgan fingerprint density at radius 2 is 1.75 bits per heavy atom. The first-order valence-electron chi connectivity index (χ1n) is 4.84. The first-order valence-corrected chi connectivity index (χ1v) is 5.48. The predicted octanol–water partition coefficient (Wildman–Crippen LogP) is 2.66. The lowest BCUT2D eigenvalue weighted by Gasteiger charge is -2.13. The van der Waals surface area contributed by atoms with Crippen molar-refractivity contribution in [2.24, 2.45) is 0 Å². The van der Waals surface area contributed by atoms with Gasteiger partial charge in [-0.2, -0.15) is 12.6 Å². The molecule has 0 N–H and O–H groups in total. The van der Waals surface area contributed by atoms with E-state index in [4.69, 9.17) is 14.2 Å². The van der Waals surface area contributed by atoms with Crippen molar-refractivity contribution >= 4 is 18.7 Å². The van der Waals surface area contributed by atoms with Crippen molar-refractivity contribution in [2.45, 2.75) is 0 Å². The number of methoxy groups -OCH3 is 3. The average molecular weight is 240 g/mol. The lowest BCUT2D eigenvalue weighted by atomic mass is 10.1. The Morgan fingerprint density at radius 3 is 2.25 bits per heavy atom. The van der Waals surface area contributed by atoms with Crippen molar-refractivity contribution in [1.29, 1.82) is 0 Å². The lowest BCUT2D eigenvalue weighted by molar-refractivity contribution is 0.324. The summed E-state index contributed by atoms with van der Waals surface area (Å²) in [6, 6.07) is 3.76. The lowest BCUT2D eigenvalue weighted by Crippen LogP contribution is -1.96. The maximum absolute atomic E-state index is 5.33. The normalized spacial score (nSPS) is 10.5. The highest BCUT2D eigenvalue weighted by molar-refractivity contribution is 7.80. The third kappa shape index (κ3) is 2.64. The monoisotopic (exact) mass is 240 g/mol. The summed E-state index contributed by atoms with van der Waals surface area (Å²) in [5.41, 5.74) is 0.939. The van der Waals surface area contributed by atoms with E-state index < -0.39 is 0 Å². The molecule has 0 heterocycles. The van der Waals surface area contributed by atoms with E-state index in [9.17, 15) is 0 Å². The van der Waals surface area contributed by atoms with Crippen molar-refractivity contribution in [1.82, 2.24) is 0 Å². The minimum Gasteiger partial charge on any atom is -0.493 e. The second-order valence-electron chi connectivity index (χ2n) is 3.01. The molecule has 0 unspecified atom stereocenters. The van der Waals surface area contributed by atoms with Gasteiger partial charge < -0.3 is 14.2 Å². The summed E-state index contributed by atoms with van der Waals surface area (Å²) in [5.74, 6) is 2.60. The SMILES string of the molecule is COc1ccc(C=CCS)c(OC)c1OC. The molecule has 88 valence electrons. The minimum atomic E-state index is 0.603. The quantitative estimate of drug-likeness (QED) is 0.802. The second kappa shape index (κ2) is 6.33. The van der Waals surface area contributed by atoms with Gasteiger partial charge in [-0.25, -0.2) is 0 Å². The molecular formula is C12H16O3S. The molecular weight excluding hydrogens is 224 g/mol. The van der Waals surface area contributed by atoms with Crippen molar-refractivity contribution in [3.63, 3.8) is 0 Å². The van der Waals surface area contributed by atoms with Crippen LogP contribution in [0.25, 0.3) is 6.08 Å². The fraction of sp³-hybridized carbons (Fsp3) is 0.333. The first kappa shape index (κ1) is 12.8. The minimum absolute atomic E-state index is 0.603. The van der Waals surface area contributed by atoms with E-state index in [0.717, 1.165) is 5.56 Å². The number of ether oxygens (including phenoxy) is 3. The van der Waals surface area contributed by atoms with Crippen LogP contribution in [-0.4, -0.2) is 27.1 Å². The third-order valence-corrected chi connectivity index (χ3v) is 2.35. The summed E-state index contributed by atoms with van der Waals surface area (Å²) >= 11 is 4.12. The zero-order chi connectivity index (χ0) is 12.0. The van der Waals surface area contributed by atoms with Crippen LogP contribution in [0.15, 0.2) is 18.2 Å². The molecule has 0 aliphatic heterocycles. The standard InChI is InChI=1S/C12H16O3S/c1-13-10-7-6-9(5-4-8-16)11(14-2)12(10)15-3/h4-7,16H,8H2,1-3H3. The molecule has 0 aliphatic carbocycles. The van der Waals surface area contributed by atoms with Gasteiger partial charge in [-0.3, -0.25) is 0 Å². The van der Waals surface area contributed by atoms with Gasteiger partial charge >= 0.3 is 0 Å². The maximum atomic E-state index is 5.33. The fourth-order valence-corrected chi connectivity index (χ4v) is 1.54. The molecule has 3 nitrogen and oxygen atoms in total. The molecule has 0 amide bonds. The van der Waals surface area contributed by atoms with Crippen LogP contribution < -0.4 is 14.2 Å². The van der Waals surface area contributed by atoms with Crippen molar-refractivity contribution in [2.75, 3.05) is 27.1 Å². The van der Waals surface area contributed by atoms with Gasteiger partial charge in [0.1, 0.15) is 0 Å². The molecule has 1 aromatic rings. The highest BCUT2D eigenvalue weighted by Crippen LogP contribution is 2.40. The summed E-state index contributed by atoms with van der Waals surface area (Å²) in [6.45, 7) is 0. The average Bonchev–Trinajstić information content (AvgIpc) is 2.34. The van der Waals surface area contributed by atoms with Crippen LogP contribution in [0.3, 0.4) is 0 Å². The molecule has 0 radical (unpaired) electrons. The van der Waals surface area contributed by atoms with Crippen LogP contribution in [0.1, 0.15) is 5.56 Å². The summed E-state index contributed by atoms with van der Waals surface area (Å²) in [5, 5.41) is 0. The van der Waals surface area contributed by atoms with Crippen molar-refractivity contribution in [3.05, 3.63) is 23.8 Å². The Hall–Kier alpha value is -1.29. The molecule has 1 aromatic carbocycles. The zero-order valence-corrected chi connectivity index (χ0v) is 10.6. The second-order valence-corrected chi connectivity index (χ2v) is 3.37. The van der Waals surface area contributed by atoms with Gasteiger partial charge in [-0.15, -0.1) is 0 Å². The van der Waals surface area contributed by atoms with Gasteiger partial charge in [0.25, 0.3) is 0 Å². The highest BCUT2D eigenvalue weighted by atomic mass is 32.1. The topological polar surface area (TPSA) is 27.7 Å². The van der Waals surface area contributed by atoms with Crippen molar-refractivity contribution < 1.29 is 14.2 Å². The van der Waals surface area contributed by atoms with E-state index in [0.29, 0.717) is 23.0 Å². The largest absolute Gasteiger partial charge is 0.493 e. The van der Waals surface area contributed by atoms with Crippen LogP contribution in [0.2, 0.25) is 0 Å². The molecule has 0 atom stereocenters. The number of hydrogen-bond acceptors (Lipinski definition) is 4. The fourth-order valence-electron chi connectivity index (χ4n) is 1.44. The van der Waals surface area contributed by atoms with E-state index in [2.05, 4.69) is 12.6 Å². The molecule has 0 aliphatic rings. The molecule has 0 fully saturated rings. The first-order chi connectivity index (χ1) is 7.78. The summed E-state index contributed by atoms with van der Waals surface area (Å²) in [7, 11) is 4.79. The number of rotatable bonds is 5. The molecule has 16 heavy (non-hydrogen) atoms. The predicted molar refractivity (Wildman–Crippen MR) is 69.0 cm³/mol. The Labute approximate surface area is 101 Å². The summed E-state index contributed by atoms with van der Waals surface area (Å²) in [6.07, 6.45) is 3.88. The third-order valence-electron chi connectivity index (χ3n) is 2.14. The van der Waals surface area contributed by atoms with Crippen LogP contribution in [0, 0.1) is 0 Å². The number of benzene rings is 1. The van der Waals surface area contributed by atoms with E-state index in [1.807, 2.05) is 24.3 Å². The Kier molecular flexibility index (Phi) is 5.05. The van der Waals surface area contributed by atoms with Gasteiger partial charge in [0.2, 0.25) is 5.75 Å². The van der Waals surface area contributed by atoms with Crippen LogP contribution >= 0.6 is 12.6 Å². The van der Waals surface area contributed by atoms with Crippen LogP contribution in [0.4, 0.5) is 0 Å². The molecule has 4 heteroatoms. The van der Waals surface area contributed by atoms with Gasteiger partial charge in [-0.1, -0.05) is 12.2 Å². The molecule has 0 saturated heterocycles. The van der Waals surface area contributed by atoms with Gasteiger partial charge in [0, 0.05) is 11.3 Å². The molecule has 0 aromatic heterocycles. The molecule has 1 rings (SSSR count). The van der Waals surface area contributed by atoms with Gasteiger partial charge in [0.15, 0.2) is 11.5 Å². The molecule has 0 saturated carbocycles. The van der Waals surface area contributed by atoms with Crippen LogP contribution in [-0.2, 0) is 0 Å². The van der Waals surface area contributed by atoms with E-state index in [1.54, 1.807) is 21.3 Å². The van der Waals surface area contributed by atoms with E-state index in [-0.39, 0.29) is 0 Å². The van der Waals surface area contributed by atoms with Gasteiger partial charge in [0.05, 0.1) is 21.3 Å².